The van der Waals surface area contributed by atoms with Crippen molar-refractivity contribution in [2.24, 2.45) is 35.5 Å². The second kappa shape index (κ2) is 17.2. The Morgan fingerprint density at radius 1 is 0.865 bits per heavy atom. The van der Waals surface area contributed by atoms with Crippen LogP contribution in [0.25, 0.3) is 42.3 Å². The number of fused-ring (bicyclic) bond motifs is 4. The van der Waals surface area contributed by atoms with E-state index in [0.29, 0.717) is 23.7 Å². The summed E-state index contributed by atoms with van der Waals surface area (Å²) in [6.45, 7) is 32.7. The zero-order valence-corrected chi connectivity index (χ0v) is 38.3. The molecule has 0 fully saturated rings. The zero-order valence-electron chi connectivity index (χ0n) is 35.1. The maximum Gasteiger partial charge on any atom is 0.162 e. The number of aryl methyl sites for hydroxylation is 1. The van der Waals surface area contributed by atoms with E-state index in [9.17, 15) is 9.90 Å². The van der Waals surface area contributed by atoms with Crippen LogP contribution in [0.5, 0.6) is 0 Å². The Kier molecular flexibility index (Phi) is 13.9. The summed E-state index contributed by atoms with van der Waals surface area (Å²) in [5, 5.41) is 15.2. The molecule has 0 amide bonds. The second-order valence-electron chi connectivity index (χ2n) is 17.7. The second-order valence-corrected chi connectivity index (χ2v) is 23.8. The smallest absolute Gasteiger partial charge is 0.162 e. The summed E-state index contributed by atoms with van der Waals surface area (Å²) in [6, 6.07) is 18.7. The minimum absolute atomic E-state index is 0. The van der Waals surface area contributed by atoms with Crippen LogP contribution in [-0.2, 0) is 30.3 Å². The fourth-order valence-electron chi connectivity index (χ4n) is 7.92. The monoisotopic (exact) mass is 915 g/mol. The van der Waals surface area contributed by atoms with E-state index in [0.717, 1.165) is 32.2 Å². The van der Waals surface area contributed by atoms with Crippen LogP contribution in [0.4, 0.5) is 0 Å². The van der Waals surface area contributed by atoms with Gasteiger partial charge in [0.1, 0.15) is 7.67 Å². The molecule has 0 saturated heterocycles. The Balaban J connectivity index is 0.000000327. The van der Waals surface area contributed by atoms with Crippen LogP contribution < -0.4 is 5.19 Å². The van der Waals surface area contributed by atoms with E-state index in [-0.39, 0.29) is 55.2 Å². The molecule has 0 unspecified atom stereocenters. The standard InChI is InChI=1S/C28H29N2SSi.C17H32O2.Ir/c1-17-23(32(5,6)7)13-12-21-25-27(31-26(17)21)24(29-16-30-25)19-14-18-10-8-9-11-20(18)22(15-19)28(2,3)4;1-10(2)16(11(3)4)14(18)9-15(19)17(12(5)6)13(7)8;/h8-13,15-16H,1-7H3;9-13,16-18H,1-8H3;/q-1;;/b;14-9-;/i16D;;. The molecule has 7 heteroatoms. The molecule has 283 valence electrons. The number of nitrogens with zero attached hydrogens (tertiary/aromatic N) is 2. The zero-order chi connectivity index (χ0) is 39.0. The number of hydrogen-bond acceptors (Lipinski definition) is 5. The first kappa shape index (κ1) is 42.0. The van der Waals surface area contributed by atoms with Crippen molar-refractivity contribution in [3.63, 3.8) is 0 Å². The van der Waals surface area contributed by atoms with Gasteiger partial charge in [-0.2, -0.15) is 0 Å². The topological polar surface area (TPSA) is 63.1 Å². The fraction of sp³-hybridized carbons (Fsp3) is 0.489. The van der Waals surface area contributed by atoms with Crippen LogP contribution in [0, 0.1) is 48.5 Å². The third-order valence-electron chi connectivity index (χ3n) is 10.1. The van der Waals surface area contributed by atoms with E-state index in [1.165, 1.54) is 32.5 Å². The molecule has 3 aromatic carbocycles. The Morgan fingerprint density at radius 3 is 1.98 bits per heavy atom. The molecule has 0 aliphatic rings. The molecular formula is C45H61IrN2O2SSi-. The summed E-state index contributed by atoms with van der Waals surface area (Å²) in [6.07, 6.45) is 1.54. The van der Waals surface area contributed by atoms with Gasteiger partial charge < -0.3 is 5.11 Å². The van der Waals surface area contributed by atoms with Gasteiger partial charge >= 0.3 is 0 Å². The molecule has 5 rings (SSSR count). The Labute approximate surface area is 333 Å². The van der Waals surface area contributed by atoms with Crippen molar-refractivity contribution in [2.45, 2.75) is 108 Å². The molecule has 0 spiro atoms. The van der Waals surface area contributed by atoms with Crippen LogP contribution >= 0.6 is 11.3 Å². The van der Waals surface area contributed by atoms with Gasteiger partial charge in [0.05, 0.1) is 19.3 Å². The Hall–Kier alpha value is -2.70. The van der Waals surface area contributed by atoms with Gasteiger partial charge in [0, 0.05) is 58.5 Å². The van der Waals surface area contributed by atoms with E-state index in [4.69, 9.17) is 1.37 Å². The molecule has 0 bridgehead atoms. The molecule has 1 radical (unpaired) electrons. The average Bonchev–Trinajstić information content (AvgIpc) is 3.38. The van der Waals surface area contributed by atoms with Gasteiger partial charge in [-0.3, -0.25) is 9.78 Å². The molecule has 4 nitrogen and oxygen atoms in total. The number of aliphatic hydroxyl groups is 1. The Morgan fingerprint density at radius 2 is 1.44 bits per heavy atom. The van der Waals surface area contributed by atoms with Crippen LogP contribution in [0.15, 0.2) is 60.6 Å². The molecule has 0 aliphatic heterocycles. The molecule has 0 saturated carbocycles. The molecule has 0 atom stereocenters. The number of ketones is 1. The van der Waals surface area contributed by atoms with Gasteiger partial charge in [-0.05, 0) is 41.6 Å². The van der Waals surface area contributed by atoms with Gasteiger partial charge in [0.15, 0.2) is 5.78 Å². The Bertz CT molecular complexity index is 2090. The van der Waals surface area contributed by atoms with Gasteiger partial charge in [-0.15, -0.1) is 40.5 Å². The summed E-state index contributed by atoms with van der Waals surface area (Å²) in [5.74, 6) is 1.63. The third kappa shape index (κ3) is 9.50. The third-order valence-corrected chi connectivity index (χ3v) is 13.6. The molecule has 2 heterocycles. The number of aliphatic hydroxyl groups excluding tert-OH is 1. The molecule has 1 N–H and O–H groups in total. The summed E-state index contributed by atoms with van der Waals surface area (Å²) in [5.41, 5.74) is 5.23. The van der Waals surface area contributed by atoms with Crippen molar-refractivity contribution < 1.29 is 31.4 Å². The number of hydrogen-bond donors (Lipinski definition) is 1. The van der Waals surface area contributed by atoms with Crippen molar-refractivity contribution in [3.8, 4) is 11.3 Å². The maximum atomic E-state index is 12.3. The normalized spacial score (nSPS) is 13.2. The first-order valence-electron chi connectivity index (χ1n) is 19.2. The van der Waals surface area contributed by atoms with Crippen molar-refractivity contribution in [1.82, 2.24) is 9.97 Å². The van der Waals surface area contributed by atoms with Crippen molar-refractivity contribution in [2.75, 3.05) is 0 Å². The summed E-state index contributed by atoms with van der Waals surface area (Å²) in [4.78, 5) is 21.6. The summed E-state index contributed by atoms with van der Waals surface area (Å²) < 4.78 is 10.7. The van der Waals surface area contributed by atoms with E-state index >= 15 is 0 Å². The molecule has 52 heavy (non-hydrogen) atoms. The van der Waals surface area contributed by atoms with E-state index in [1.54, 1.807) is 11.3 Å². The van der Waals surface area contributed by atoms with Gasteiger partial charge in [-0.25, -0.2) is 4.98 Å². The van der Waals surface area contributed by atoms with Crippen LogP contribution in [0.2, 0.25) is 19.6 Å². The molecular weight excluding hydrogens is 853 g/mol. The number of thiophene rings is 1. The number of carbonyl (C=O) groups is 1. The summed E-state index contributed by atoms with van der Waals surface area (Å²) in [7, 11) is -1.46. The fourth-order valence-corrected chi connectivity index (χ4v) is 11.1. The molecule has 0 aliphatic carbocycles. The number of allylic oxidation sites excluding steroid dienone is 2. The van der Waals surface area contributed by atoms with Crippen molar-refractivity contribution in [3.05, 3.63) is 77.8 Å². The predicted molar refractivity (Wildman–Crippen MR) is 225 cm³/mol. The molecule has 2 aromatic heterocycles. The van der Waals surface area contributed by atoms with Crippen molar-refractivity contribution in [1.29, 1.82) is 0 Å². The van der Waals surface area contributed by atoms with E-state index in [1.807, 2.05) is 0 Å². The summed E-state index contributed by atoms with van der Waals surface area (Å²) >= 11 is 1.76. The number of carbonyl (C=O) groups excluding carboxylic acids is 1. The predicted octanol–water partition coefficient (Wildman–Crippen LogP) is 12.5. The van der Waals surface area contributed by atoms with Gasteiger partial charge in [0.25, 0.3) is 0 Å². The largest absolute Gasteiger partial charge is 0.512 e. The quantitative estimate of drug-likeness (QED) is 0.0693. The van der Waals surface area contributed by atoms with Crippen LogP contribution in [-0.4, -0.2) is 28.9 Å². The number of rotatable bonds is 9. The minimum Gasteiger partial charge on any atom is -0.512 e. The number of benzene rings is 3. The SMILES string of the molecule is CC(C)C(C(=O)/C=C(\O)C(C(C)C)C(C)C)C(C)C.[2H]c1nc(-c2[c-]c3ccccc3c(C(C)(C)C)c2)c2sc3c(C)c([Si](C)(C)C)ccc3c2n1.[Ir]. The molecule has 5 aromatic rings. The van der Waals surface area contributed by atoms with E-state index < -0.39 is 8.07 Å². The van der Waals surface area contributed by atoms with E-state index in [2.05, 4.69) is 161 Å². The number of aromatic nitrogens is 2. The van der Waals surface area contributed by atoms with Crippen LogP contribution in [0.1, 0.15) is 88.7 Å². The maximum absolute atomic E-state index is 12.3. The first-order chi connectivity index (χ1) is 24.0. The van der Waals surface area contributed by atoms with Gasteiger partial charge in [0.2, 0.25) is 0 Å². The first-order valence-corrected chi connectivity index (χ1v) is 23.0. The van der Waals surface area contributed by atoms with Gasteiger partial charge in [-0.1, -0.05) is 142 Å². The van der Waals surface area contributed by atoms with Crippen molar-refractivity contribution >= 4 is 61.5 Å². The minimum atomic E-state index is -1.46. The average molecular weight is 915 g/mol. The van der Waals surface area contributed by atoms with Crippen LogP contribution in [0.3, 0.4) is 0 Å².